The highest BCUT2D eigenvalue weighted by Crippen LogP contribution is 2.17. The van der Waals surface area contributed by atoms with E-state index >= 15 is 0 Å². The van der Waals surface area contributed by atoms with Gasteiger partial charge in [0.2, 0.25) is 0 Å². The van der Waals surface area contributed by atoms with Crippen LogP contribution in [0.25, 0.3) is 6.08 Å². The van der Waals surface area contributed by atoms with Crippen molar-refractivity contribution >= 4 is 23.4 Å². The van der Waals surface area contributed by atoms with Crippen LogP contribution in [0.15, 0.2) is 54.6 Å². The van der Waals surface area contributed by atoms with E-state index in [0.29, 0.717) is 6.54 Å². The molecule has 0 aliphatic heterocycles. The Morgan fingerprint density at radius 2 is 1.91 bits per heavy atom. The van der Waals surface area contributed by atoms with Gasteiger partial charge in [0.25, 0.3) is 11.6 Å². The average Bonchev–Trinajstić information content (AvgIpc) is 2.54. The van der Waals surface area contributed by atoms with Gasteiger partial charge in [-0.1, -0.05) is 12.1 Å². The Bertz CT molecular complexity index is 736. The molecule has 5 heteroatoms. The van der Waals surface area contributed by atoms with Crippen LogP contribution in [0.1, 0.15) is 18.1 Å². The molecule has 0 atom stereocenters. The second-order valence-corrected chi connectivity index (χ2v) is 5.10. The third kappa shape index (κ3) is 4.26. The molecule has 2 aromatic carbocycles. The quantitative estimate of drug-likeness (QED) is 0.477. The van der Waals surface area contributed by atoms with Gasteiger partial charge in [0.05, 0.1) is 4.92 Å². The maximum atomic E-state index is 12.4. The third-order valence-electron chi connectivity index (χ3n) is 3.42. The Labute approximate surface area is 135 Å². The molecule has 0 bridgehead atoms. The van der Waals surface area contributed by atoms with Crippen LogP contribution in [-0.2, 0) is 4.79 Å². The zero-order chi connectivity index (χ0) is 16.8. The highest BCUT2D eigenvalue weighted by atomic mass is 16.6. The number of carbonyl (C=O) groups excluding carboxylic acids is 1. The van der Waals surface area contributed by atoms with Gasteiger partial charge < -0.3 is 4.90 Å². The third-order valence-corrected chi connectivity index (χ3v) is 3.42. The molecule has 0 heterocycles. The Hall–Kier alpha value is -2.95. The Morgan fingerprint density at radius 1 is 1.22 bits per heavy atom. The van der Waals surface area contributed by atoms with Crippen LogP contribution >= 0.6 is 0 Å². The number of benzene rings is 2. The number of rotatable bonds is 5. The van der Waals surface area contributed by atoms with E-state index in [0.717, 1.165) is 16.8 Å². The van der Waals surface area contributed by atoms with E-state index in [9.17, 15) is 14.9 Å². The van der Waals surface area contributed by atoms with Crippen LogP contribution in [-0.4, -0.2) is 17.4 Å². The lowest BCUT2D eigenvalue weighted by Crippen LogP contribution is -2.28. The number of nitro groups is 1. The fourth-order valence-corrected chi connectivity index (χ4v) is 2.23. The maximum Gasteiger partial charge on any atom is 0.269 e. The zero-order valence-electron chi connectivity index (χ0n) is 13.1. The summed E-state index contributed by atoms with van der Waals surface area (Å²) >= 11 is 0. The van der Waals surface area contributed by atoms with Crippen molar-refractivity contribution in [3.8, 4) is 0 Å². The predicted octanol–water partition coefficient (Wildman–Crippen LogP) is 3.97. The van der Waals surface area contributed by atoms with Crippen LogP contribution in [0.5, 0.6) is 0 Å². The predicted molar refractivity (Wildman–Crippen MR) is 91.3 cm³/mol. The number of amides is 1. The zero-order valence-corrected chi connectivity index (χ0v) is 13.1. The van der Waals surface area contributed by atoms with E-state index in [1.807, 2.05) is 38.1 Å². The van der Waals surface area contributed by atoms with Gasteiger partial charge in [0.15, 0.2) is 0 Å². The van der Waals surface area contributed by atoms with Crippen LogP contribution in [0.2, 0.25) is 0 Å². The standard InChI is InChI=1S/C18H18N2O3/c1-3-19(17-6-4-5-14(2)13-17)18(21)12-9-15-7-10-16(11-8-15)20(22)23/h4-13H,3H2,1-2H3/b12-9+. The van der Waals surface area contributed by atoms with Crippen molar-refractivity contribution in [3.63, 3.8) is 0 Å². The molecule has 23 heavy (non-hydrogen) atoms. The number of nitro benzene ring substituents is 1. The highest BCUT2D eigenvalue weighted by Gasteiger charge is 2.11. The minimum atomic E-state index is -0.449. The molecule has 118 valence electrons. The number of nitrogens with zero attached hydrogens (tertiary/aromatic N) is 2. The molecular weight excluding hydrogens is 292 g/mol. The topological polar surface area (TPSA) is 63.5 Å². The van der Waals surface area contributed by atoms with Crippen LogP contribution in [0.4, 0.5) is 11.4 Å². The Balaban J connectivity index is 2.14. The number of anilines is 1. The monoisotopic (exact) mass is 310 g/mol. The summed E-state index contributed by atoms with van der Waals surface area (Å²) in [5.74, 6) is -0.128. The van der Waals surface area contributed by atoms with E-state index < -0.39 is 4.92 Å². The molecular formula is C18H18N2O3. The summed E-state index contributed by atoms with van der Waals surface area (Å²) in [4.78, 5) is 24.2. The molecule has 0 aliphatic carbocycles. The van der Waals surface area contributed by atoms with Crippen molar-refractivity contribution < 1.29 is 9.72 Å². The number of hydrogen-bond acceptors (Lipinski definition) is 3. The number of aryl methyl sites for hydroxylation is 1. The van der Waals surface area contributed by atoms with Gasteiger partial charge in [-0.2, -0.15) is 0 Å². The molecule has 0 unspecified atom stereocenters. The number of hydrogen-bond donors (Lipinski definition) is 0. The van der Waals surface area contributed by atoms with E-state index in [-0.39, 0.29) is 11.6 Å². The molecule has 0 saturated carbocycles. The second kappa shape index (κ2) is 7.35. The van der Waals surface area contributed by atoms with Gasteiger partial charge in [0.1, 0.15) is 0 Å². The van der Waals surface area contributed by atoms with E-state index in [2.05, 4.69) is 0 Å². The van der Waals surface area contributed by atoms with Gasteiger partial charge >= 0.3 is 0 Å². The van der Waals surface area contributed by atoms with E-state index in [4.69, 9.17) is 0 Å². The largest absolute Gasteiger partial charge is 0.309 e. The SMILES string of the molecule is CCN(C(=O)/C=C/c1ccc([N+](=O)[O-])cc1)c1cccc(C)c1. The molecule has 0 spiro atoms. The van der Waals surface area contributed by atoms with Crippen molar-refractivity contribution in [3.05, 3.63) is 75.8 Å². The molecule has 2 aromatic rings. The van der Waals surface area contributed by atoms with Crippen LogP contribution < -0.4 is 4.90 Å². The summed E-state index contributed by atoms with van der Waals surface area (Å²) in [5.41, 5.74) is 2.71. The van der Waals surface area contributed by atoms with Gasteiger partial charge in [-0.3, -0.25) is 14.9 Å². The fourth-order valence-electron chi connectivity index (χ4n) is 2.23. The summed E-state index contributed by atoms with van der Waals surface area (Å²) in [6.45, 7) is 4.46. The smallest absolute Gasteiger partial charge is 0.269 e. The second-order valence-electron chi connectivity index (χ2n) is 5.10. The van der Waals surface area contributed by atoms with Crippen LogP contribution in [0, 0.1) is 17.0 Å². The fraction of sp³-hybridized carbons (Fsp3) is 0.167. The lowest BCUT2D eigenvalue weighted by Gasteiger charge is -2.19. The number of likely N-dealkylation sites (N-methyl/N-ethyl adjacent to an activating group) is 1. The van der Waals surface area contributed by atoms with Gasteiger partial charge in [-0.15, -0.1) is 0 Å². The van der Waals surface area contributed by atoms with Crippen LogP contribution in [0.3, 0.4) is 0 Å². The molecule has 0 saturated heterocycles. The molecule has 0 aliphatic rings. The van der Waals surface area contributed by atoms with E-state index in [1.165, 1.54) is 18.2 Å². The first-order valence-corrected chi connectivity index (χ1v) is 7.32. The van der Waals surface area contributed by atoms with Crippen molar-refractivity contribution in [1.82, 2.24) is 0 Å². The normalized spacial score (nSPS) is 10.7. The molecule has 0 fully saturated rings. The molecule has 0 aromatic heterocycles. The Morgan fingerprint density at radius 3 is 2.48 bits per heavy atom. The summed E-state index contributed by atoms with van der Waals surface area (Å²) in [7, 11) is 0. The molecule has 2 rings (SSSR count). The summed E-state index contributed by atoms with van der Waals surface area (Å²) in [6, 6.07) is 13.8. The van der Waals surface area contributed by atoms with Crippen molar-refractivity contribution in [2.24, 2.45) is 0 Å². The summed E-state index contributed by atoms with van der Waals surface area (Å²) in [5, 5.41) is 10.6. The number of carbonyl (C=O) groups is 1. The lowest BCUT2D eigenvalue weighted by molar-refractivity contribution is -0.384. The molecule has 5 nitrogen and oxygen atoms in total. The lowest BCUT2D eigenvalue weighted by atomic mass is 10.2. The molecule has 0 N–H and O–H groups in total. The first-order chi connectivity index (χ1) is 11.0. The van der Waals surface area contributed by atoms with Crippen molar-refractivity contribution in [2.45, 2.75) is 13.8 Å². The maximum absolute atomic E-state index is 12.4. The van der Waals surface area contributed by atoms with Gasteiger partial charge in [-0.05, 0) is 55.3 Å². The minimum absolute atomic E-state index is 0.0309. The molecule has 1 amide bonds. The first-order valence-electron chi connectivity index (χ1n) is 7.32. The summed E-state index contributed by atoms with van der Waals surface area (Å²) < 4.78 is 0. The summed E-state index contributed by atoms with van der Waals surface area (Å²) in [6.07, 6.45) is 3.14. The van der Waals surface area contributed by atoms with Crippen molar-refractivity contribution in [2.75, 3.05) is 11.4 Å². The molecule has 0 radical (unpaired) electrons. The average molecular weight is 310 g/mol. The van der Waals surface area contributed by atoms with Gasteiger partial charge in [-0.25, -0.2) is 0 Å². The minimum Gasteiger partial charge on any atom is -0.309 e. The Kier molecular flexibility index (Phi) is 5.25. The highest BCUT2D eigenvalue weighted by molar-refractivity contribution is 6.03. The van der Waals surface area contributed by atoms with E-state index in [1.54, 1.807) is 23.1 Å². The first kappa shape index (κ1) is 16.4. The van der Waals surface area contributed by atoms with Crippen molar-refractivity contribution in [1.29, 1.82) is 0 Å². The number of non-ortho nitro benzene ring substituents is 1. The van der Waals surface area contributed by atoms with Gasteiger partial charge in [0, 0.05) is 30.4 Å².